The van der Waals surface area contributed by atoms with Gasteiger partial charge in [0.05, 0.1) is 24.5 Å². The molecule has 0 spiro atoms. The molecule has 3 rings (SSSR count). The smallest absolute Gasteiger partial charge is 0.263 e. The molecule has 21 heavy (non-hydrogen) atoms. The molecular formula is C14H18N4O2S. The predicted molar refractivity (Wildman–Crippen MR) is 80.1 cm³/mol. The van der Waals surface area contributed by atoms with E-state index in [0.717, 1.165) is 36.3 Å². The minimum absolute atomic E-state index is 0.00694. The Balaban J connectivity index is 1.75. The molecule has 0 unspecified atom stereocenters. The molecule has 2 heterocycles. The van der Waals surface area contributed by atoms with Crippen LogP contribution < -0.4 is 5.32 Å². The Morgan fingerprint density at radius 1 is 1.48 bits per heavy atom. The van der Waals surface area contributed by atoms with Gasteiger partial charge < -0.3 is 10.4 Å². The van der Waals surface area contributed by atoms with Crippen LogP contribution in [0, 0.1) is 0 Å². The number of carbonyl (C=O) groups is 1. The first-order valence-electron chi connectivity index (χ1n) is 7.00. The van der Waals surface area contributed by atoms with Crippen LogP contribution in [0.3, 0.4) is 0 Å². The van der Waals surface area contributed by atoms with Crippen molar-refractivity contribution in [3.05, 3.63) is 23.5 Å². The number of amides is 1. The summed E-state index contributed by atoms with van der Waals surface area (Å²) < 4.78 is 1.70. The molecule has 6 nitrogen and oxygen atoms in total. The summed E-state index contributed by atoms with van der Waals surface area (Å²) in [5.74, 6) is -0.154. The van der Waals surface area contributed by atoms with Gasteiger partial charge in [-0.1, -0.05) is 12.8 Å². The molecule has 0 saturated heterocycles. The van der Waals surface area contributed by atoms with Gasteiger partial charge in [-0.25, -0.2) is 4.98 Å². The molecule has 0 aromatic carbocycles. The van der Waals surface area contributed by atoms with Gasteiger partial charge in [0.1, 0.15) is 9.88 Å². The quantitative estimate of drug-likeness (QED) is 0.898. The molecule has 0 radical (unpaired) electrons. The summed E-state index contributed by atoms with van der Waals surface area (Å²) in [4.78, 5) is 17.2. The van der Waals surface area contributed by atoms with E-state index < -0.39 is 5.54 Å². The third kappa shape index (κ3) is 2.84. The lowest BCUT2D eigenvalue weighted by atomic mass is 9.99. The van der Waals surface area contributed by atoms with Crippen LogP contribution in [0.15, 0.2) is 18.6 Å². The van der Waals surface area contributed by atoms with Crippen LogP contribution in [0.1, 0.15) is 35.4 Å². The van der Waals surface area contributed by atoms with E-state index in [0.29, 0.717) is 4.88 Å². The van der Waals surface area contributed by atoms with E-state index in [1.165, 1.54) is 11.3 Å². The normalized spacial score (nSPS) is 17.0. The molecule has 1 fully saturated rings. The number of nitrogens with one attached hydrogen (secondary N) is 1. The topological polar surface area (TPSA) is 80.0 Å². The van der Waals surface area contributed by atoms with Crippen LogP contribution in [0.5, 0.6) is 0 Å². The van der Waals surface area contributed by atoms with Crippen LogP contribution in [0.2, 0.25) is 0 Å². The molecule has 1 amide bonds. The number of hydrogen-bond donors (Lipinski definition) is 2. The van der Waals surface area contributed by atoms with E-state index in [2.05, 4.69) is 15.4 Å². The van der Waals surface area contributed by atoms with Crippen molar-refractivity contribution in [2.24, 2.45) is 7.05 Å². The van der Waals surface area contributed by atoms with Gasteiger partial charge in [0.2, 0.25) is 0 Å². The maximum atomic E-state index is 12.3. The molecule has 0 bridgehead atoms. The largest absolute Gasteiger partial charge is 0.394 e. The summed E-state index contributed by atoms with van der Waals surface area (Å²) >= 11 is 1.34. The summed E-state index contributed by atoms with van der Waals surface area (Å²) in [5.41, 5.74) is 0.453. The van der Waals surface area contributed by atoms with Crippen molar-refractivity contribution >= 4 is 17.2 Å². The third-order valence-electron chi connectivity index (χ3n) is 3.92. The maximum Gasteiger partial charge on any atom is 0.263 e. The van der Waals surface area contributed by atoms with Crippen LogP contribution in [-0.4, -0.2) is 37.9 Å². The minimum atomic E-state index is -0.449. The zero-order valence-corrected chi connectivity index (χ0v) is 12.7. The van der Waals surface area contributed by atoms with Gasteiger partial charge in [-0.15, -0.1) is 11.3 Å². The number of aliphatic hydroxyl groups is 1. The highest BCUT2D eigenvalue weighted by Gasteiger charge is 2.35. The molecule has 2 N–H and O–H groups in total. The molecule has 0 aliphatic heterocycles. The number of aromatic nitrogens is 3. The van der Waals surface area contributed by atoms with Crippen LogP contribution >= 0.6 is 11.3 Å². The Morgan fingerprint density at radius 3 is 2.86 bits per heavy atom. The number of aliphatic hydroxyl groups excluding tert-OH is 1. The van der Waals surface area contributed by atoms with Crippen molar-refractivity contribution < 1.29 is 9.90 Å². The van der Waals surface area contributed by atoms with Gasteiger partial charge in [-0.2, -0.15) is 5.10 Å². The molecule has 1 aliphatic carbocycles. The first-order chi connectivity index (χ1) is 10.1. The first-order valence-corrected chi connectivity index (χ1v) is 7.82. The fraction of sp³-hybridized carbons (Fsp3) is 0.500. The van der Waals surface area contributed by atoms with Gasteiger partial charge in [0, 0.05) is 18.8 Å². The Labute approximate surface area is 126 Å². The molecule has 2 aromatic heterocycles. The molecule has 0 atom stereocenters. The van der Waals surface area contributed by atoms with Gasteiger partial charge in [-0.3, -0.25) is 9.48 Å². The summed E-state index contributed by atoms with van der Waals surface area (Å²) in [6, 6.07) is 0. The Bertz CT molecular complexity index is 643. The Hall–Kier alpha value is -1.73. The number of carbonyl (C=O) groups excluding carboxylic acids is 1. The van der Waals surface area contributed by atoms with Gasteiger partial charge in [0.25, 0.3) is 5.91 Å². The number of hydrogen-bond acceptors (Lipinski definition) is 5. The SMILES string of the molecule is Cn1cc(-c2ncc(C(=O)NC3(CO)CCCC3)s2)cn1. The van der Waals surface area contributed by atoms with Gasteiger partial charge in [-0.05, 0) is 12.8 Å². The number of thiazole rings is 1. The van der Waals surface area contributed by atoms with Crippen molar-refractivity contribution in [3.63, 3.8) is 0 Å². The van der Waals surface area contributed by atoms with Gasteiger partial charge in [0.15, 0.2) is 0 Å². The van der Waals surface area contributed by atoms with Crippen LogP contribution in [0.4, 0.5) is 0 Å². The van der Waals surface area contributed by atoms with Crippen molar-refractivity contribution in [3.8, 4) is 10.6 Å². The van der Waals surface area contributed by atoms with Crippen molar-refractivity contribution in [2.75, 3.05) is 6.61 Å². The predicted octanol–water partition coefficient (Wildman–Crippen LogP) is 1.58. The van der Waals surface area contributed by atoms with E-state index in [-0.39, 0.29) is 12.5 Å². The number of aryl methyl sites for hydroxylation is 1. The summed E-state index contributed by atoms with van der Waals surface area (Å²) in [7, 11) is 1.84. The van der Waals surface area contributed by atoms with Crippen molar-refractivity contribution in [1.82, 2.24) is 20.1 Å². The zero-order chi connectivity index (χ0) is 14.9. The van der Waals surface area contributed by atoms with Crippen LogP contribution in [-0.2, 0) is 7.05 Å². The average molecular weight is 306 g/mol. The number of rotatable bonds is 4. The second-order valence-corrected chi connectivity index (χ2v) is 6.56. The van der Waals surface area contributed by atoms with E-state index in [1.54, 1.807) is 17.1 Å². The first kappa shape index (κ1) is 14.2. The summed E-state index contributed by atoms with van der Waals surface area (Å²) in [5, 5.41) is 17.4. The summed E-state index contributed by atoms with van der Waals surface area (Å²) in [6.45, 7) is -0.00694. The highest BCUT2D eigenvalue weighted by Crippen LogP contribution is 2.30. The third-order valence-corrected chi connectivity index (χ3v) is 4.97. The lowest BCUT2D eigenvalue weighted by Gasteiger charge is -2.27. The second-order valence-electron chi connectivity index (χ2n) is 5.53. The molecule has 1 aliphatic rings. The lowest BCUT2D eigenvalue weighted by molar-refractivity contribution is 0.0842. The number of nitrogens with zero attached hydrogens (tertiary/aromatic N) is 3. The van der Waals surface area contributed by atoms with Crippen molar-refractivity contribution in [1.29, 1.82) is 0 Å². The van der Waals surface area contributed by atoms with Crippen molar-refractivity contribution in [2.45, 2.75) is 31.2 Å². The Kier molecular flexibility index (Phi) is 3.77. The zero-order valence-electron chi connectivity index (χ0n) is 11.9. The fourth-order valence-corrected chi connectivity index (χ4v) is 3.51. The highest BCUT2D eigenvalue weighted by molar-refractivity contribution is 7.16. The molecule has 7 heteroatoms. The highest BCUT2D eigenvalue weighted by atomic mass is 32.1. The van der Waals surface area contributed by atoms with Crippen LogP contribution in [0.25, 0.3) is 10.6 Å². The van der Waals surface area contributed by atoms with E-state index in [1.807, 2.05) is 13.2 Å². The average Bonchev–Trinajstić information content (AvgIpc) is 3.18. The van der Waals surface area contributed by atoms with Gasteiger partial charge >= 0.3 is 0 Å². The van der Waals surface area contributed by atoms with E-state index >= 15 is 0 Å². The monoisotopic (exact) mass is 306 g/mol. The molecule has 112 valence electrons. The molecule has 1 saturated carbocycles. The maximum absolute atomic E-state index is 12.3. The standard InChI is InChI=1S/C14H18N4O2S/c1-18-8-10(6-16-18)13-15-7-11(21-13)12(20)17-14(9-19)4-2-3-5-14/h6-8,19H,2-5,9H2,1H3,(H,17,20). The lowest BCUT2D eigenvalue weighted by Crippen LogP contribution is -2.49. The molecule has 2 aromatic rings. The Morgan fingerprint density at radius 2 is 2.24 bits per heavy atom. The summed E-state index contributed by atoms with van der Waals surface area (Å²) in [6.07, 6.45) is 8.95. The fourth-order valence-electron chi connectivity index (χ4n) is 2.72. The second kappa shape index (κ2) is 5.57. The van der Waals surface area contributed by atoms with E-state index in [4.69, 9.17) is 0 Å². The minimum Gasteiger partial charge on any atom is -0.394 e. The molecular weight excluding hydrogens is 288 g/mol. The van der Waals surface area contributed by atoms with E-state index in [9.17, 15) is 9.90 Å².